The number of hydrogen-bond acceptors (Lipinski definition) is 2. The number of anilines is 1. The molecule has 0 aliphatic rings. The van der Waals surface area contributed by atoms with Crippen molar-refractivity contribution in [3.63, 3.8) is 0 Å². The van der Waals surface area contributed by atoms with Gasteiger partial charge in [0.05, 0.1) is 17.8 Å². The second kappa shape index (κ2) is 6.67. The Morgan fingerprint density at radius 3 is 2.62 bits per heavy atom. The summed E-state index contributed by atoms with van der Waals surface area (Å²) in [5, 5.41) is 3.49. The van der Waals surface area contributed by atoms with E-state index in [2.05, 4.69) is 21.2 Å². The molecule has 112 valence electrons. The Hall–Kier alpha value is -1.26. The smallest absolute Gasteiger partial charge is 0.143 e. The highest BCUT2D eigenvalue weighted by atomic mass is 79.9. The summed E-state index contributed by atoms with van der Waals surface area (Å²) in [5.41, 5.74) is 2.76. The van der Waals surface area contributed by atoms with Gasteiger partial charge in [-0.3, -0.25) is 0 Å². The second-order valence-corrected chi connectivity index (χ2v) is 6.16. The van der Waals surface area contributed by atoms with E-state index in [0.717, 1.165) is 27.0 Å². The van der Waals surface area contributed by atoms with Crippen LogP contribution in [-0.4, -0.2) is 7.11 Å². The van der Waals surface area contributed by atoms with Crippen molar-refractivity contribution < 1.29 is 9.13 Å². The molecule has 0 radical (unpaired) electrons. The topological polar surface area (TPSA) is 21.3 Å². The van der Waals surface area contributed by atoms with Crippen LogP contribution in [0.2, 0.25) is 5.02 Å². The number of methoxy groups -OCH3 is 1. The van der Waals surface area contributed by atoms with Gasteiger partial charge in [0.1, 0.15) is 11.6 Å². The van der Waals surface area contributed by atoms with Gasteiger partial charge in [-0.05, 0) is 49.2 Å². The van der Waals surface area contributed by atoms with Crippen molar-refractivity contribution >= 4 is 33.2 Å². The predicted octanol–water partition coefficient (Wildman–Crippen LogP) is 5.73. The van der Waals surface area contributed by atoms with Crippen molar-refractivity contribution in [2.75, 3.05) is 12.4 Å². The second-order valence-electron chi connectivity index (χ2n) is 4.84. The van der Waals surface area contributed by atoms with Crippen LogP contribution < -0.4 is 10.1 Å². The number of hydrogen-bond donors (Lipinski definition) is 1. The van der Waals surface area contributed by atoms with Crippen LogP contribution in [0.3, 0.4) is 0 Å². The third-order valence-electron chi connectivity index (χ3n) is 3.29. The van der Waals surface area contributed by atoms with Gasteiger partial charge in [0.2, 0.25) is 0 Å². The first-order valence-corrected chi connectivity index (χ1v) is 7.65. The number of halogens is 3. The molecule has 1 N–H and O–H groups in total. The van der Waals surface area contributed by atoms with Crippen molar-refractivity contribution in [3.05, 3.63) is 56.8 Å². The fourth-order valence-corrected chi connectivity index (χ4v) is 2.81. The number of aryl methyl sites for hydroxylation is 1. The lowest BCUT2D eigenvalue weighted by molar-refractivity contribution is 0.415. The third-order valence-corrected chi connectivity index (χ3v) is 4.05. The summed E-state index contributed by atoms with van der Waals surface area (Å²) in [4.78, 5) is 0. The molecule has 0 aromatic heterocycles. The predicted molar refractivity (Wildman–Crippen MR) is 88.9 cm³/mol. The minimum Gasteiger partial charge on any atom is -0.495 e. The van der Waals surface area contributed by atoms with Gasteiger partial charge in [-0.15, -0.1) is 0 Å². The normalized spacial score (nSPS) is 12.1. The molecule has 0 bridgehead atoms. The van der Waals surface area contributed by atoms with E-state index in [1.54, 1.807) is 13.2 Å². The first kappa shape index (κ1) is 16.1. The maximum atomic E-state index is 13.6. The van der Waals surface area contributed by atoms with Gasteiger partial charge in [-0.1, -0.05) is 33.6 Å². The highest BCUT2D eigenvalue weighted by Gasteiger charge is 2.13. The van der Waals surface area contributed by atoms with E-state index < -0.39 is 5.82 Å². The molecule has 0 saturated carbocycles. The van der Waals surface area contributed by atoms with Gasteiger partial charge in [-0.25, -0.2) is 4.39 Å². The average molecular weight is 373 g/mol. The molecule has 1 atom stereocenters. The molecule has 1 unspecified atom stereocenters. The summed E-state index contributed by atoms with van der Waals surface area (Å²) in [6.07, 6.45) is 0. The Morgan fingerprint density at radius 2 is 2.00 bits per heavy atom. The third kappa shape index (κ3) is 3.69. The van der Waals surface area contributed by atoms with E-state index in [9.17, 15) is 4.39 Å². The minimum atomic E-state index is -0.415. The summed E-state index contributed by atoms with van der Waals surface area (Å²) < 4.78 is 19.9. The van der Waals surface area contributed by atoms with E-state index >= 15 is 0 Å². The maximum absolute atomic E-state index is 13.6. The summed E-state index contributed by atoms with van der Waals surface area (Å²) in [5.74, 6) is 0.325. The molecule has 0 heterocycles. The summed E-state index contributed by atoms with van der Waals surface area (Å²) in [7, 11) is 1.62. The van der Waals surface area contributed by atoms with E-state index in [1.165, 1.54) is 6.07 Å². The fourth-order valence-electron chi connectivity index (χ4n) is 2.14. The van der Waals surface area contributed by atoms with Crippen LogP contribution in [0.15, 0.2) is 34.8 Å². The molecule has 5 heteroatoms. The Morgan fingerprint density at radius 1 is 1.29 bits per heavy atom. The van der Waals surface area contributed by atoms with Crippen LogP contribution in [0.1, 0.15) is 24.1 Å². The molecule has 0 amide bonds. The highest BCUT2D eigenvalue weighted by Crippen LogP contribution is 2.34. The number of ether oxygens (including phenoxy) is 1. The lowest BCUT2D eigenvalue weighted by atomic mass is 10.1. The first-order chi connectivity index (χ1) is 9.92. The van der Waals surface area contributed by atoms with Gasteiger partial charge in [0, 0.05) is 10.5 Å². The minimum absolute atomic E-state index is 0.0782. The molecule has 2 rings (SSSR count). The molecule has 0 aliphatic heterocycles. The molecular weight excluding hydrogens is 357 g/mol. The van der Waals surface area contributed by atoms with Crippen LogP contribution in [0.25, 0.3) is 0 Å². The van der Waals surface area contributed by atoms with E-state index in [1.807, 2.05) is 32.0 Å². The van der Waals surface area contributed by atoms with Crippen LogP contribution in [0, 0.1) is 12.7 Å². The van der Waals surface area contributed by atoms with Crippen molar-refractivity contribution in [1.29, 1.82) is 0 Å². The molecule has 2 aromatic rings. The maximum Gasteiger partial charge on any atom is 0.143 e. The monoisotopic (exact) mass is 371 g/mol. The van der Waals surface area contributed by atoms with Gasteiger partial charge >= 0.3 is 0 Å². The molecule has 0 fully saturated rings. The van der Waals surface area contributed by atoms with Crippen molar-refractivity contribution in [2.45, 2.75) is 19.9 Å². The summed E-state index contributed by atoms with van der Waals surface area (Å²) in [6, 6.07) is 8.64. The SMILES string of the molecule is COc1cc(Br)cc(C)c1NC(C)c1ccc(Cl)c(F)c1. The Balaban J connectivity index is 2.31. The highest BCUT2D eigenvalue weighted by molar-refractivity contribution is 9.10. The Labute approximate surface area is 137 Å². The van der Waals surface area contributed by atoms with Crippen LogP contribution in [-0.2, 0) is 0 Å². The lowest BCUT2D eigenvalue weighted by Gasteiger charge is -2.20. The van der Waals surface area contributed by atoms with Crippen molar-refractivity contribution in [3.8, 4) is 5.75 Å². The molecule has 0 aliphatic carbocycles. The van der Waals surface area contributed by atoms with Gasteiger partial charge in [0.25, 0.3) is 0 Å². The largest absolute Gasteiger partial charge is 0.495 e. The van der Waals surface area contributed by atoms with Crippen LogP contribution in [0.4, 0.5) is 10.1 Å². The summed E-state index contributed by atoms with van der Waals surface area (Å²) in [6.45, 7) is 3.95. The van der Waals surface area contributed by atoms with Gasteiger partial charge in [0.15, 0.2) is 0 Å². The molecule has 0 saturated heterocycles. The molecule has 2 nitrogen and oxygen atoms in total. The Kier molecular flexibility index (Phi) is 5.12. The molecular formula is C16H16BrClFNO. The van der Waals surface area contributed by atoms with E-state index in [4.69, 9.17) is 16.3 Å². The van der Waals surface area contributed by atoms with Crippen LogP contribution in [0.5, 0.6) is 5.75 Å². The standard InChI is InChI=1S/C16H16BrClFNO/c1-9-6-12(17)8-15(21-3)16(9)20-10(2)11-4-5-13(18)14(19)7-11/h4-8,10,20H,1-3H3. The van der Waals surface area contributed by atoms with E-state index in [0.29, 0.717) is 0 Å². The molecule has 21 heavy (non-hydrogen) atoms. The molecule has 0 spiro atoms. The van der Waals surface area contributed by atoms with E-state index in [-0.39, 0.29) is 11.1 Å². The zero-order valence-corrected chi connectivity index (χ0v) is 14.3. The zero-order valence-electron chi connectivity index (χ0n) is 12.0. The van der Waals surface area contributed by atoms with Crippen LogP contribution >= 0.6 is 27.5 Å². The summed E-state index contributed by atoms with van der Waals surface area (Å²) >= 11 is 9.16. The Bertz CT molecular complexity index is 663. The molecule has 2 aromatic carbocycles. The quantitative estimate of drug-likeness (QED) is 0.740. The average Bonchev–Trinajstić information content (AvgIpc) is 2.44. The number of benzene rings is 2. The number of rotatable bonds is 4. The lowest BCUT2D eigenvalue weighted by Crippen LogP contribution is -2.09. The van der Waals surface area contributed by atoms with Gasteiger partial charge in [-0.2, -0.15) is 0 Å². The van der Waals surface area contributed by atoms with Crippen molar-refractivity contribution in [2.24, 2.45) is 0 Å². The fraction of sp³-hybridized carbons (Fsp3) is 0.250. The van der Waals surface area contributed by atoms with Crippen molar-refractivity contribution in [1.82, 2.24) is 0 Å². The number of nitrogens with one attached hydrogen (secondary N) is 1. The van der Waals surface area contributed by atoms with Gasteiger partial charge < -0.3 is 10.1 Å². The zero-order chi connectivity index (χ0) is 15.6. The first-order valence-electron chi connectivity index (χ1n) is 6.48.